The third-order valence-corrected chi connectivity index (χ3v) is 5.13. The maximum Gasteiger partial charge on any atom is 0.0709 e. The van der Waals surface area contributed by atoms with Crippen LogP contribution in [0.2, 0.25) is 5.02 Å². The molecule has 3 heteroatoms. The first-order valence-electron chi connectivity index (χ1n) is 8.52. The minimum Gasteiger partial charge on any atom is -0.361 e. The van der Waals surface area contributed by atoms with E-state index in [1.807, 2.05) is 48.7 Å². The number of benzene rings is 3. The number of halogens is 1. The SMILES string of the molecule is Clc1ccccc1/C(=C1/C=Nc2ccccc21)c1c[nH]c2ccccc12. The van der Waals surface area contributed by atoms with Gasteiger partial charge in [-0.2, -0.15) is 0 Å². The molecule has 5 rings (SSSR count). The lowest BCUT2D eigenvalue weighted by Gasteiger charge is -2.13. The van der Waals surface area contributed by atoms with Crippen LogP contribution in [-0.2, 0) is 0 Å². The molecule has 1 aliphatic rings. The van der Waals surface area contributed by atoms with E-state index in [-0.39, 0.29) is 0 Å². The van der Waals surface area contributed by atoms with E-state index < -0.39 is 0 Å². The number of hydrogen-bond donors (Lipinski definition) is 1. The van der Waals surface area contributed by atoms with Crippen LogP contribution in [0.15, 0.2) is 84.0 Å². The fourth-order valence-corrected chi connectivity index (χ4v) is 3.82. The van der Waals surface area contributed by atoms with Gasteiger partial charge in [0.2, 0.25) is 0 Å². The molecule has 0 unspecified atom stereocenters. The predicted octanol–water partition coefficient (Wildman–Crippen LogP) is 6.50. The van der Waals surface area contributed by atoms with Crippen LogP contribution in [0.5, 0.6) is 0 Å². The summed E-state index contributed by atoms with van der Waals surface area (Å²) in [5.41, 5.74) is 7.57. The van der Waals surface area contributed by atoms with Crippen molar-refractivity contribution in [3.63, 3.8) is 0 Å². The molecule has 26 heavy (non-hydrogen) atoms. The molecule has 3 aromatic carbocycles. The average molecular weight is 355 g/mol. The largest absolute Gasteiger partial charge is 0.361 e. The number of nitrogens with one attached hydrogen (secondary N) is 1. The fourth-order valence-electron chi connectivity index (χ4n) is 3.59. The van der Waals surface area contributed by atoms with Gasteiger partial charge in [0.15, 0.2) is 0 Å². The molecule has 124 valence electrons. The Bertz CT molecular complexity index is 1200. The van der Waals surface area contributed by atoms with Gasteiger partial charge in [-0.25, -0.2) is 0 Å². The van der Waals surface area contributed by atoms with Gasteiger partial charge in [-0.3, -0.25) is 4.99 Å². The lowest BCUT2D eigenvalue weighted by Crippen LogP contribution is -1.94. The summed E-state index contributed by atoms with van der Waals surface area (Å²) in [6.45, 7) is 0. The van der Waals surface area contributed by atoms with E-state index in [9.17, 15) is 0 Å². The van der Waals surface area contributed by atoms with Crippen molar-refractivity contribution < 1.29 is 0 Å². The number of H-pyrrole nitrogens is 1. The summed E-state index contributed by atoms with van der Waals surface area (Å²) in [5.74, 6) is 0. The molecule has 0 amide bonds. The van der Waals surface area contributed by atoms with Crippen LogP contribution in [-0.4, -0.2) is 11.2 Å². The number of hydrogen-bond acceptors (Lipinski definition) is 1. The van der Waals surface area contributed by atoms with Crippen molar-refractivity contribution in [2.75, 3.05) is 0 Å². The normalized spacial score (nSPS) is 14.7. The van der Waals surface area contributed by atoms with E-state index in [4.69, 9.17) is 11.6 Å². The lowest BCUT2D eigenvalue weighted by molar-refractivity contribution is 1.46. The minimum atomic E-state index is 0.734. The highest BCUT2D eigenvalue weighted by atomic mass is 35.5. The van der Waals surface area contributed by atoms with Gasteiger partial charge in [-0.15, -0.1) is 0 Å². The van der Waals surface area contributed by atoms with Crippen molar-refractivity contribution in [2.24, 2.45) is 4.99 Å². The highest BCUT2D eigenvalue weighted by Crippen LogP contribution is 2.42. The minimum absolute atomic E-state index is 0.734. The summed E-state index contributed by atoms with van der Waals surface area (Å²) < 4.78 is 0. The van der Waals surface area contributed by atoms with Gasteiger partial charge in [0, 0.05) is 56.2 Å². The standard InChI is InChI=1S/C23H15ClN2/c24-20-10-4-1-9-17(20)23(18-13-25-21-11-5-2-7-15(18)21)19-14-26-22-12-6-3-8-16(19)22/h1-14,25H/b23-19+. The van der Waals surface area contributed by atoms with Gasteiger partial charge in [-0.05, 0) is 18.2 Å². The number of para-hydroxylation sites is 2. The molecule has 0 atom stereocenters. The molecular formula is C23H15ClN2. The molecule has 1 aliphatic heterocycles. The summed E-state index contributed by atoms with van der Waals surface area (Å²) in [7, 11) is 0. The van der Waals surface area contributed by atoms with E-state index >= 15 is 0 Å². The van der Waals surface area contributed by atoms with E-state index in [0.29, 0.717) is 0 Å². The number of aliphatic imine (C=N–C) groups is 1. The monoisotopic (exact) mass is 354 g/mol. The molecular weight excluding hydrogens is 340 g/mol. The van der Waals surface area contributed by atoms with Crippen molar-refractivity contribution in [3.05, 3.63) is 101 Å². The fraction of sp³-hybridized carbons (Fsp3) is 0. The smallest absolute Gasteiger partial charge is 0.0709 e. The Hall–Kier alpha value is -3.10. The number of aromatic nitrogens is 1. The molecule has 2 heterocycles. The van der Waals surface area contributed by atoms with Crippen molar-refractivity contribution in [3.8, 4) is 0 Å². The van der Waals surface area contributed by atoms with Crippen LogP contribution >= 0.6 is 11.6 Å². The second-order valence-corrected chi connectivity index (χ2v) is 6.70. The van der Waals surface area contributed by atoms with Crippen molar-refractivity contribution in [1.29, 1.82) is 0 Å². The lowest BCUT2D eigenvalue weighted by atomic mass is 9.90. The maximum absolute atomic E-state index is 6.60. The Labute approximate surface area is 156 Å². The average Bonchev–Trinajstić information content (AvgIpc) is 3.29. The van der Waals surface area contributed by atoms with E-state index in [0.717, 1.165) is 44.1 Å². The van der Waals surface area contributed by atoms with Crippen molar-refractivity contribution in [1.82, 2.24) is 4.98 Å². The Balaban J connectivity index is 1.88. The van der Waals surface area contributed by atoms with Crippen molar-refractivity contribution in [2.45, 2.75) is 0 Å². The third-order valence-electron chi connectivity index (χ3n) is 4.80. The Morgan fingerprint density at radius 3 is 2.50 bits per heavy atom. The quantitative estimate of drug-likeness (QED) is 0.426. The summed E-state index contributed by atoms with van der Waals surface area (Å²) in [5, 5.41) is 1.91. The van der Waals surface area contributed by atoms with Crippen LogP contribution in [0.4, 0.5) is 5.69 Å². The van der Waals surface area contributed by atoms with Gasteiger partial charge in [0.05, 0.1) is 5.69 Å². The van der Waals surface area contributed by atoms with E-state index in [2.05, 4.69) is 46.5 Å². The van der Waals surface area contributed by atoms with Crippen LogP contribution in [0.3, 0.4) is 0 Å². The van der Waals surface area contributed by atoms with Gasteiger partial charge < -0.3 is 4.98 Å². The van der Waals surface area contributed by atoms with Crippen LogP contribution in [0.1, 0.15) is 16.7 Å². The molecule has 0 saturated heterocycles. The molecule has 0 fully saturated rings. The second kappa shape index (κ2) is 6.01. The number of aromatic amines is 1. The predicted molar refractivity (Wildman–Crippen MR) is 110 cm³/mol. The Morgan fingerprint density at radius 2 is 1.58 bits per heavy atom. The van der Waals surface area contributed by atoms with Crippen LogP contribution in [0.25, 0.3) is 22.0 Å². The second-order valence-electron chi connectivity index (χ2n) is 6.29. The zero-order valence-corrected chi connectivity index (χ0v) is 14.7. The van der Waals surface area contributed by atoms with Gasteiger partial charge in [-0.1, -0.05) is 66.2 Å². The topological polar surface area (TPSA) is 28.1 Å². The molecule has 0 bridgehead atoms. The van der Waals surface area contributed by atoms with Crippen molar-refractivity contribution >= 4 is 45.6 Å². The highest BCUT2D eigenvalue weighted by Gasteiger charge is 2.22. The zero-order chi connectivity index (χ0) is 17.5. The number of rotatable bonds is 2. The van der Waals surface area contributed by atoms with Gasteiger partial charge >= 0.3 is 0 Å². The van der Waals surface area contributed by atoms with E-state index in [1.165, 1.54) is 5.39 Å². The zero-order valence-electron chi connectivity index (χ0n) is 13.9. The molecule has 0 aliphatic carbocycles. The molecule has 4 aromatic rings. The number of nitrogens with zero attached hydrogens (tertiary/aromatic N) is 1. The summed E-state index contributed by atoms with van der Waals surface area (Å²) in [4.78, 5) is 7.99. The summed E-state index contributed by atoms with van der Waals surface area (Å²) in [6, 6.07) is 24.5. The molecule has 0 saturated carbocycles. The van der Waals surface area contributed by atoms with Gasteiger partial charge in [0.25, 0.3) is 0 Å². The van der Waals surface area contributed by atoms with Crippen LogP contribution in [0, 0.1) is 0 Å². The highest BCUT2D eigenvalue weighted by molar-refractivity contribution is 6.35. The maximum atomic E-state index is 6.60. The first-order valence-corrected chi connectivity index (χ1v) is 8.90. The molecule has 2 nitrogen and oxygen atoms in total. The number of fused-ring (bicyclic) bond motifs is 2. The first-order chi connectivity index (χ1) is 12.8. The summed E-state index contributed by atoms with van der Waals surface area (Å²) >= 11 is 6.60. The molecule has 1 N–H and O–H groups in total. The summed E-state index contributed by atoms with van der Waals surface area (Å²) in [6.07, 6.45) is 4.01. The first kappa shape index (κ1) is 15.2. The molecule has 0 spiro atoms. The third kappa shape index (κ3) is 2.31. The molecule has 0 radical (unpaired) electrons. The molecule has 1 aromatic heterocycles. The Morgan fingerprint density at radius 1 is 0.808 bits per heavy atom. The van der Waals surface area contributed by atoms with Gasteiger partial charge in [0.1, 0.15) is 0 Å². The number of allylic oxidation sites excluding steroid dienone is 1. The van der Waals surface area contributed by atoms with E-state index in [1.54, 1.807) is 0 Å². The van der Waals surface area contributed by atoms with Crippen LogP contribution < -0.4 is 0 Å². The Kier molecular flexibility index (Phi) is 3.51.